The molecule has 0 aliphatic rings. The molecule has 0 amide bonds. The van der Waals surface area contributed by atoms with Crippen LogP contribution in [0.5, 0.6) is 0 Å². The van der Waals surface area contributed by atoms with E-state index < -0.39 is 12.1 Å². The summed E-state index contributed by atoms with van der Waals surface area (Å²) in [6.07, 6.45) is -0.0369. The third-order valence-corrected chi connectivity index (χ3v) is 2.97. The summed E-state index contributed by atoms with van der Waals surface area (Å²) in [6.45, 7) is 0.538. The number of aliphatic carboxylic acids is 1. The maximum Gasteiger partial charge on any atom is 0.317 e. The molecule has 0 saturated carbocycles. The molecule has 0 spiro atoms. The van der Waals surface area contributed by atoms with E-state index in [1.807, 2.05) is 24.3 Å². The Labute approximate surface area is 109 Å². The highest BCUT2D eigenvalue weighted by molar-refractivity contribution is 9.10. The van der Waals surface area contributed by atoms with Gasteiger partial charge in [-0.1, -0.05) is 28.1 Å². The van der Waals surface area contributed by atoms with Gasteiger partial charge in [0.15, 0.2) is 0 Å². The van der Waals surface area contributed by atoms with Gasteiger partial charge < -0.3 is 10.2 Å². The van der Waals surface area contributed by atoms with E-state index in [4.69, 9.17) is 5.11 Å². The predicted molar refractivity (Wildman–Crippen MR) is 68.9 cm³/mol. The van der Waals surface area contributed by atoms with Crippen LogP contribution in [0.3, 0.4) is 0 Å². The first-order chi connectivity index (χ1) is 7.99. The summed E-state index contributed by atoms with van der Waals surface area (Å²) in [7, 11) is 1.72. The van der Waals surface area contributed by atoms with Crippen molar-refractivity contribution in [3.63, 3.8) is 0 Å². The smallest absolute Gasteiger partial charge is 0.317 e. The van der Waals surface area contributed by atoms with Gasteiger partial charge in [-0.2, -0.15) is 0 Å². The number of likely N-dealkylation sites (N-methyl/N-ethyl adjacent to an activating group) is 1. The normalized spacial score (nSPS) is 12.7. The molecule has 4 nitrogen and oxygen atoms in total. The highest BCUT2D eigenvalue weighted by Crippen LogP contribution is 2.19. The number of aliphatic hydroxyl groups is 1. The molecule has 0 saturated heterocycles. The Morgan fingerprint density at radius 1 is 1.41 bits per heavy atom. The molecule has 0 aromatic heterocycles. The van der Waals surface area contributed by atoms with Crippen molar-refractivity contribution in [2.45, 2.75) is 12.5 Å². The molecule has 1 unspecified atom stereocenters. The predicted octanol–water partition coefficient (Wildman–Crippen LogP) is 1.89. The number of nitrogens with zero attached hydrogens (tertiary/aromatic N) is 1. The van der Waals surface area contributed by atoms with Gasteiger partial charge in [0.25, 0.3) is 0 Å². The van der Waals surface area contributed by atoms with Gasteiger partial charge in [-0.25, -0.2) is 0 Å². The van der Waals surface area contributed by atoms with Crippen molar-refractivity contribution in [1.29, 1.82) is 0 Å². The molecular weight excluding hydrogens is 286 g/mol. The zero-order chi connectivity index (χ0) is 12.8. The molecule has 0 aliphatic carbocycles. The number of carboxylic acids is 1. The number of hydrogen-bond acceptors (Lipinski definition) is 3. The molecule has 1 atom stereocenters. The molecule has 1 rings (SSSR count). The number of carbonyl (C=O) groups is 1. The van der Waals surface area contributed by atoms with Gasteiger partial charge in [0.2, 0.25) is 0 Å². The zero-order valence-corrected chi connectivity index (χ0v) is 11.2. The molecule has 0 heterocycles. The average Bonchev–Trinajstić information content (AvgIpc) is 2.26. The summed E-state index contributed by atoms with van der Waals surface area (Å²) in [6, 6.07) is 7.46. The summed E-state index contributed by atoms with van der Waals surface area (Å²) in [4.78, 5) is 12.1. The minimum absolute atomic E-state index is 0.00689. The van der Waals surface area contributed by atoms with Gasteiger partial charge in [0.05, 0.1) is 12.6 Å². The van der Waals surface area contributed by atoms with Crippen molar-refractivity contribution in [2.24, 2.45) is 0 Å². The van der Waals surface area contributed by atoms with E-state index in [-0.39, 0.29) is 6.54 Å². The summed E-state index contributed by atoms with van der Waals surface area (Å²) in [5, 5.41) is 18.5. The van der Waals surface area contributed by atoms with Crippen LogP contribution in [-0.2, 0) is 4.79 Å². The first-order valence-corrected chi connectivity index (χ1v) is 6.12. The summed E-state index contributed by atoms with van der Waals surface area (Å²) in [5.41, 5.74) is 0.844. The molecule has 2 N–H and O–H groups in total. The van der Waals surface area contributed by atoms with E-state index in [1.165, 1.54) is 0 Å². The lowest BCUT2D eigenvalue weighted by molar-refractivity contribution is -0.138. The molecule has 1 aromatic rings. The van der Waals surface area contributed by atoms with Gasteiger partial charge in [-0.3, -0.25) is 9.69 Å². The quantitative estimate of drug-likeness (QED) is 0.842. The number of carboxylic acid groups (broad SMARTS) is 1. The highest BCUT2D eigenvalue weighted by atomic mass is 79.9. The third kappa shape index (κ3) is 5.30. The van der Waals surface area contributed by atoms with Crippen LogP contribution in [0.4, 0.5) is 0 Å². The van der Waals surface area contributed by atoms with E-state index in [1.54, 1.807) is 11.9 Å². The Hall–Kier alpha value is -0.910. The van der Waals surface area contributed by atoms with Crippen molar-refractivity contribution in [2.75, 3.05) is 20.1 Å². The summed E-state index contributed by atoms with van der Waals surface area (Å²) < 4.78 is 0.969. The number of rotatable bonds is 6. The first-order valence-electron chi connectivity index (χ1n) is 5.33. The first kappa shape index (κ1) is 14.2. The van der Waals surface area contributed by atoms with Gasteiger partial charge in [-0.15, -0.1) is 0 Å². The number of benzene rings is 1. The van der Waals surface area contributed by atoms with Crippen LogP contribution in [0.15, 0.2) is 28.7 Å². The fourth-order valence-electron chi connectivity index (χ4n) is 1.50. The number of aliphatic hydroxyl groups excluding tert-OH is 1. The molecular formula is C12H16BrNO3. The van der Waals surface area contributed by atoms with Gasteiger partial charge in [-0.05, 0) is 31.2 Å². The summed E-state index contributed by atoms with van der Waals surface area (Å²) in [5.74, 6) is -0.856. The van der Waals surface area contributed by atoms with E-state index in [0.29, 0.717) is 13.0 Å². The van der Waals surface area contributed by atoms with Crippen molar-refractivity contribution in [3.05, 3.63) is 34.3 Å². The molecule has 1 aromatic carbocycles. The van der Waals surface area contributed by atoms with E-state index in [0.717, 1.165) is 10.0 Å². The number of hydrogen-bond donors (Lipinski definition) is 2. The largest absolute Gasteiger partial charge is 0.480 e. The lowest BCUT2D eigenvalue weighted by Crippen LogP contribution is -2.27. The second-order valence-electron chi connectivity index (χ2n) is 3.99. The Balaban J connectivity index is 2.41. The van der Waals surface area contributed by atoms with Crippen LogP contribution in [-0.4, -0.2) is 41.2 Å². The fraction of sp³-hybridized carbons (Fsp3) is 0.417. The highest BCUT2D eigenvalue weighted by Gasteiger charge is 2.10. The molecule has 0 bridgehead atoms. The molecule has 94 valence electrons. The van der Waals surface area contributed by atoms with Crippen LogP contribution in [0.1, 0.15) is 18.1 Å². The van der Waals surface area contributed by atoms with Crippen LogP contribution in [0.2, 0.25) is 0 Å². The third-order valence-electron chi connectivity index (χ3n) is 2.44. The maximum absolute atomic E-state index is 10.5. The topological polar surface area (TPSA) is 60.8 Å². The molecule has 0 fully saturated rings. The van der Waals surface area contributed by atoms with Crippen molar-refractivity contribution < 1.29 is 15.0 Å². The second kappa shape index (κ2) is 6.74. The Kier molecular flexibility index (Phi) is 5.61. The van der Waals surface area contributed by atoms with Crippen LogP contribution < -0.4 is 0 Å². The minimum Gasteiger partial charge on any atom is -0.480 e. The van der Waals surface area contributed by atoms with Crippen molar-refractivity contribution >= 4 is 21.9 Å². The lowest BCUT2D eigenvalue weighted by Gasteiger charge is -2.17. The Morgan fingerprint density at radius 3 is 2.53 bits per heavy atom. The summed E-state index contributed by atoms with van der Waals surface area (Å²) >= 11 is 3.33. The zero-order valence-electron chi connectivity index (χ0n) is 9.64. The SMILES string of the molecule is CN(CCC(O)c1ccc(Br)cc1)CC(=O)O. The number of halogens is 1. The maximum atomic E-state index is 10.5. The fourth-order valence-corrected chi connectivity index (χ4v) is 1.77. The van der Waals surface area contributed by atoms with Crippen LogP contribution in [0.25, 0.3) is 0 Å². The Bertz CT molecular complexity index is 367. The van der Waals surface area contributed by atoms with Gasteiger partial charge in [0, 0.05) is 11.0 Å². The Morgan fingerprint density at radius 2 is 2.00 bits per heavy atom. The molecule has 5 heteroatoms. The van der Waals surface area contributed by atoms with Crippen molar-refractivity contribution in [1.82, 2.24) is 4.90 Å². The second-order valence-corrected chi connectivity index (χ2v) is 4.90. The minimum atomic E-state index is -0.856. The van der Waals surface area contributed by atoms with E-state index in [2.05, 4.69) is 15.9 Å². The molecule has 0 aliphatic heterocycles. The van der Waals surface area contributed by atoms with E-state index >= 15 is 0 Å². The monoisotopic (exact) mass is 301 g/mol. The van der Waals surface area contributed by atoms with Gasteiger partial charge in [0.1, 0.15) is 0 Å². The molecule has 17 heavy (non-hydrogen) atoms. The van der Waals surface area contributed by atoms with E-state index in [9.17, 15) is 9.90 Å². The van der Waals surface area contributed by atoms with Crippen LogP contribution in [0, 0.1) is 0 Å². The van der Waals surface area contributed by atoms with Crippen LogP contribution >= 0.6 is 15.9 Å². The van der Waals surface area contributed by atoms with Crippen molar-refractivity contribution in [3.8, 4) is 0 Å². The standard InChI is InChI=1S/C12H16BrNO3/c1-14(8-12(16)17)7-6-11(15)9-2-4-10(13)5-3-9/h2-5,11,15H,6-8H2,1H3,(H,16,17). The van der Waals surface area contributed by atoms with Gasteiger partial charge >= 0.3 is 5.97 Å². The lowest BCUT2D eigenvalue weighted by atomic mass is 10.1. The molecule has 0 radical (unpaired) electrons. The average molecular weight is 302 g/mol.